The molecule has 0 N–H and O–H groups in total. The standard InChI is InChI=1S/3C9H10O.C5H5.Zr/c3*1-2-5-8-6-3-4-7-9(8)10;1-2-4-5-3-1;/h3*2-4,6-7,10H,1,5H2;1-3H,4H2;/q;;;;+3/p-3. The van der Waals surface area contributed by atoms with Gasteiger partial charge in [0, 0.05) is 0 Å². The minimum absolute atomic E-state index is 0.0994. The van der Waals surface area contributed by atoms with Crippen LogP contribution in [0.15, 0.2) is 132 Å². The third-order valence-electron chi connectivity index (χ3n) is 4.78. The third kappa shape index (κ3) is 12.9. The zero-order valence-electron chi connectivity index (χ0n) is 20.6. The van der Waals surface area contributed by atoms with Crippen LogP contribution in [0.3, 0.4) is 0 Å². The minimum atomic E-state index is 0.0994. The van der Waals surface area contributed by atoms with Gasteiger partial charge in [-0.05, 0) is 19.3 Å². The van der Waals surface area contributed by atoms with Gasteiger partial charge in [-0.1, -0.05) is 108 Å². The molecule has 0 heterocycles. The number of hydrogen-bond donors (Lipinski definition) is 0. The molecule has 0 saturated heterocycles. The topological polar surface area (TPSA) is 69.2 Å². The first-order valence-corrected chi connectivity index (χ1v) is 12.8. The van der Waals surface area contributed by atoms with Crippen LogP contribution in [0.2, 0.25) is 0 Å². The fourth-order valence-corrected chi connectivity index (χ4v) is 3.46. The van der Waals surface area contributed by atoms with Crippen LogP contribution in [0.4, 0.5) is 0 Å². The molecule has 3 aromatic rings. The maximum absolute atomic E-state index is 11.0. The number of para-hydroxylation sites is 3. The van der Waals surface area contributed by atoms with Crippen molar-refractivity contribution in [1.29, 1.82) is 0 Å². The summed E-state index contributed by atoms with van der Waals surface area (Å²) in [6.45, 7) is 10.7. The molecule has 4 rings (SSSR count). The molecular weight excluding hydrogens is 524 g/mol. The van der Waals surface area contributed by atoms with E-state index in [-0.39, 0.29) is 17.2 Å². The summed E-state index contributed by atoms with van der Waals surface area (Å²) in [5, 5.41) is 32.9. The Balaban J connectivity index is 0.000000244. The first-order chi connectivity index (χ1) is 17.4. The van der Waals surface area contributed by atoms with Crippen LogP contribution in [0.5, 0.6) is 17.2 Å². The molecule has 3 nitrogen and oxygen atoms in total. The van der Waals surface area contributed by atoms with Gasteiger partial charge in [-0.15, -0.1) is 37.0 Å². The molecular formula is C32H32O3Zr. The van der Waals surface area contributed by atoms with Gasteiger partial charge >= 0.3 is 52.6 Å². The molecule has 0 aliphatic heterocycles. The van der Waals surface area contributed by atoms with E-state index in [1.807, 2.05) is 36.4 Å². The summed E-state index contributed by atoms with van der Waals surface area (Å²) in [6.07, 6.45) is 14.9. The summed E-state index contributed by atoms with van der Waals surface area (Å²) < 4.78 is 1.56. The van der Waals surface area contributed by atoms with E-state index in [0.29, 0.717) is 19.3 Å². The van der Waals surface area contributed by atoms with Crippen molar-refractivity contribution in [2.75, 3.05) is 0 Å². The molecule has 182 valence electrons. The second-order valence-electron chi connectivity index (χ2n) is 7.63. The van der Waals surface area contributed by atoms with Gasteiger partial charge in [-0.2, -0.15) is 0 Å². The van der Waals surface area contributed by atoms with Crippen LogP contribution in [-0.4, -0.2) is 0 Å². The Kier molecular flexibility index (Phi) is 16.1. The van der Waals surface area contributed by atoms with Gasteiger partial charge in [0.15, 0.2) is 0 Å². The average molecular weight is 556 g/mol. The van der Waals surface area contributed by atoms with Crippen LogP contribution >= 0.6 is 0 Å². The van der Waals surface area contributed by atoms with Crippen molar-refractivity contribution in [1.82, 2.24) is 0 Å². The summed E-state index contributed by atoms with van der Waals surface area (Å²) in [5.41, 5.74) is 2.45. The van der Waals surface area contributed by atoms with Crippen LogP contribution in [0.25, 0.3) is 0 Å². The van der Waals surface area contributed by atoms with Crippen LogP contribution in [0, 0.1) is 0 Å². The summed E-state index contributed by atoms with van der Waals surface area (Å²) in [7, 11) is 0. The van der Waals surface area contributed by atoms with Gasteiger partial charge in [-0.25, -0.2) is 0 Å². The molecule has 0 unspecified atom stereocenters. The summed E-state index contributed by atoms with van der Waals surface area (Å²) in [6, 6.07) is 21.0. The van der Waals surface area contributed by atoms with E-state index in [1.165, 1.54) is 6.42 Å². The van der Waals surface area contributed by atoms with E-state index in [9.17, 15) is 15.3 Å². The Hall–Kier alpha value is -3.36. The molecule has 0 aromatic heterocycles. The van der Waals surface area contributed by atoms with Crippen LogP contribution in [0.1, 0.15) is 23.1 Å². The van der Waals surface area contributed by atoms with E-state index in [0.717, 1.165) is 16.7 Å². The molecule has 36 heavy (non-hydrogen) atoms. The predicted molar refractivity (Wildman–Crippen MR) is 141 cm³/mol. The predicted octanol–water partition coefficient (Wildman–Crippen LogP) is 5.84. The van der Waals surface area contributed by atoms with E-state index >= 15 is 0 Å². The van der Waals surface area contributed by atoms with Crippen molar-refractivity contribution in [2.45, 2.75) is 25.7 Å². The molecule has 3 aromatic carbocycles. The summed E-state index contributed by atoms with van der Waals surface area (Å²) in [4.78, 5) is 0. The number of allylic oxidation sites excluding steroid dienone is 7. The fraction of sp³-hybridized carbons (Fsp3) is 0.125. The van der Waals surface area contributed by atoms with Gasteiger partial charge in [0.25, 0.3) is 0 Å². The quantitative estimate of drug-likeness (QED) is 0.359. The van der Waals surface area contributed by atoms with E-state index in [4.69, 9.17) is 0 Å². The Labute approximate surface area is 231 Å². The molecule has 0 fully saturated rings. The molecule has 0 spiro atoms. The monoisotopic (exact) mass is 554 g/mol. The summed E-state index contributed by atoms with van der Waals surface area (Å²) in [5.74, 6) is 0.298. The van der Waals surface area contributed by atoms with Gasteiger partial charge in [0.2, 0.25) is 0 Å². The first kappa shape index (κ1) is 30.7. The van der Waals surface area contributed by atoms with E-state index < -0.39 is 0 Å². The molecule has 1 aliphatic rings. The van der Waals surface area contributed by atoms with Crippen molar-refractivity contribution in [3.63, 3.8) is 0 Å². The van der Waals surface area contributed by atoms with Gasteiger partial charge in [-0.3, -0.25) is 0 Å². The Morgan fingerprint density at radius 3 is 1.14 bits per heavy atom. The van der Waals surface area contributed by atoms with Gasteiger partial charge < -0.3 is 15.3 Å². The van der Waals surface area contributed by atoms with Crippen LogP contribution in [-0.2, 0) is 44.0 Å². The number of benzene rings is 3. The zero-order valence-corrected chi connectivity index (χ0v) is 23.0. The number of rotatable bonds is 6. The molecule has 0 radical (unpaired) electrons. The number of hydrogen-bond acceptors (Lipinski definition) is 3. The second-order valence-corrected chi connectivity index (χ2v) is 9.20. The van der Waals surface area contributed by atoms with Crippen molar-refractivity contribution < 1.29 is 40.0 Å². The van der Waals surface area contributed by atoms with E-state index in [1.54, 1.807) is 82.6 Å². The second kappa shape index (κ2) is 18.9. The SMILES string of the molecule is C=CCc1ccccc1[O-].C=CCc1ccccc1[O-].C=CCc1ccccc1[O-].[Zr+3][C]1=CC=CC1. The summed E-state index contributed by atoms with van der Waals surface area (Å²) >= 11 is 1.56. The fourth-order valence-electron chi connectivity index (χ4n) is 2.93. The molecule has 0 amide bonds. The Morgan fingerprint density at radius 1 is 0.611 bits per heavy atom. The zero-order chi connectivity index (χ0) is 26.6. The Bertz CT molecular complexity index is 1020. The van der Waals surface area contributed by atoms with Crippen molar-refractivity contribution in [3.8, 4) is 17.2 Å². The maximum atomic E-state index is 11.0. The van der Waals surface area contributed by atoms with Crippen molar-refractivity contribution >= 4 is 0 Å². The van der Waals surface area contributed by atoms with Gasteiger partial charge in [0.1, 0.15) is 0 Å². The Morgan fingerprint density at radius 2 is 0.944 bits per heavy atom. The van der Waals surface area contributed by atoms with Crippen molar-refractivity contribution in [3.05, 3.63) is 149 Å². The average Bonchev–Trinajstić information content (AvgIpc) is 3.36. The van der Waals surface area contributed by atoms with Crippen LogP contribution < -0.4 is 15.3 Å². The molecule has 1 aliphatic carbocycles. The van der Waals surface area contributed by atoms with Gasteiger partial charge in [0.05, 0.1) is 0 Å². The molecule has 0 bridgehead atoms. The first-order valence-electron chi connectivity index (χ1n) is 11.6. The normalized spacial score (nSPS) is 10.8. The molecule has 0 atom stereocenters. The third-order valence-corrected chi connectivity index (χ3v) is 5.69. The van der Waals surface area contributed by atoms with E-state index in [2.05, 4.69) is 38.0 Å². The molecule has 4 heteroatoms. The molecule has 0 saturated carbocycles. The van der Waals surface area contributed by atoms with Crippen molar-refractivity contribution in [2.24, 2.45) is 0 Å².